The Morgan fingerprint density at radius 1 is 1.27 bits per heavy atom. The monoisotopic (exact) mass is 545 g/mol. The lowest BCUT2D eigenvalue weighted by Crippen LogP contribution is -2.45. The fourth-order valence-corrected chi connectivity index (χ4v) is 5.16. The van der Waals surface area contributed by atoms with Crippen LogP contribution in [0, 0.1) is 11.8 Å². The Morgan fingerprint density at radius 3 is 2.45 bits per heavy atom. The van der Waals surface area contributed by atoms with Gasteiger partial charge in [0.1, 0.15) is 25.2 Å². The summed E-state index contributed by atoms with van der Waals surface area (Å²) < 4.78 is 93.5. The quantitative estimate of drug-likeness (QED) is 0.156. The number of hydrogen-bond donors (Lipinski definition) is 6. The number of nitrogens with zero attached hydrogens (tertiary/aromatic N) is 2. The van der Waals surface area contributed by atoms with Gasteiger partial charge in [0.25, 0.3) is 0 Å². The van der Waals surface area contributed by atoms with Gasteiger partial charge in [-0.25, -0.2) is 32.1 Å². The van der Waals surface area contributed by atoms with Crippen molar-refractivity contribution >= 4 is 23.5 Å². The lowest BCUT2D eigenvalue weighted by Gasteiger charge is -2.23. The highest BCUT2D eigenvalue weighted by molar-refractivity contribution is 7.66. The number of nitrogens with one attached hydrogen (secondary N) is 1. The second-order valence-electron chi connectivity index (χ2n) is 5.74. The Labute approximate surface area is 183 Å². The number of aromatic nitrogens is 3. The molecule has 1 saturated heterocycles. The van der Waals surface area contributed by atoms with Crippen LogP contribution in [0.4, 0.5) is 8.78 Å². The van der Waals surface area contributed by atoms with Gasteiger partial charge in [-0.3, -0.25) is 14.1 Å². The Hall–Kier alpha value is -1.64. The lowest BCUT2D eigenvalue weighted by atomic mass is 9.96. The summed E-state index contributed by atoms with van der Waals surface area (Å²) in [6.07, 6.45) is -7.65. The van der Waals surface area contributed by atoms with Crippen molar-refractivity contribution in [1.29, 1.82) is 0 Å². The maximum absolute atomic E-state index is 15.6. The molecule has 0 spiro atoms. The molecule has 3 unspecified atom stereocenters. The van der Waals surface area contributed by atoms with Crippen molar-refractivity contribution in [3.63, 3.8) is 0 Å². The van der Waals surface area contributed by atoms with Gasteiger partial charge in [0.15, 0.2) is 6.23 Å². The van der Waals surface area contributed by atoms with Crippen LogP contribution in [0.15, 0.2) is 15.9 Å². The summed E-state index contributed by atoms with van der Waals surface area (Å²) >= 11 is 0. The number of H-pyrrole nitrogens is 1. The Bertz CT molecular complexity index is 1290. The van der Waals surface area contributed by atoms with Gasteiger partial charge in [-0.1, -0.05) is 11.8 Å². The number of halogens is 2. The van der Waals surface area contributed by atoms with E-state index in [9.17, 15) is 37.7 Å². The molecular formula is C11H14F2N3O14P3. The summed E-state index contributed by atoms with van der Waals surface area (Å²) in [7, 11) is -18.0. The summed E-state index contributed by atoms with van der Waals surface area (Å²) in [5.41, 5.74) is -6.17. The fraction of sp³-hybridized carbons (Fsp3) is 0.545. The SMILES string of the molecule is [2H]C([2H])(OP(=O)(O)OP(=O)(O)OP(=O)(O)O)[C@H]1O[C@@H](n2cnc(=O)[nH]c2=O)C(F)(C#CCF)[C@H]1O. The molecular weight excluding hydrogens is 529 g/mol. The van der Waals surface area contributed by atoms with E-state index in [4.69, 9.17) is 22.2 Å². The highest BCUT2D eigenvalue weighted by Crippen LogP contribution is 2.66. The van der Waals surface area contributed by atoms with E-state index in [1.54, 1.807) is 16.8 Å². The Balaban J connectivity index is 2.43. The fourth-order valence-electron chi connectivity index (χ4n) is 2.28. The van der Waals surface area contributed by atoms with Crippen LogP contribution in [-0.2, 0) is 31.6 Å². The van der Waals surface area contributed by atoms with Gasteiger partial charge in [0, 0.05) is 0 Å². The molecule has 0 aromatic carbocycles. The molecule has 6 N–H and O–H groups in total. The number of phosphoric acid groups is 3. The topological polar surface area (TPSA) is 257 Å². The van der Waals surface area contributed by atoms with Crippen molar-refractivity contribution in [2.45, 2.75) is 24.1 Å². The number of aromatic amines is 1. The smallest absolute Gasteiger partial charge is 0.386 e. The highest BCUT2D eigenvalue weighted by Gasteiger charge is 2.58. The van der Waals surface area contributed by atoms with Crippen LogP contribution in [0.1, 0.15) is 8.97 Å². The molecule has 22 heteroatoms. The average molecular weight is 545 g/mol. The predicted octanol–water partition coefficient (Wildman–Crippen LogP) is -1.79. The summed E-state index contributed by atoms with van der Waals surface area (Å²) in [6, 6.07) is 0. The molecule has 0 saturated carbocycles. The summed E-state index contributed by atoms with van der Waals surface area (Å²) in [4.78, 5) is 63.5. The van der Waals surface area contributed by atoms with Crippen LogP contribution in [0.25, 0.3) is 0 Å². The van der Waals surface area contributed by atoms with Gasteiger partial charge in [-0.2, -0.15) is 13.6 Å². The molecule has 1 fully saturated rings. The van der Waals surface area contributed by atoms with Crippen LogP contribution in [0.2, 0.25) is 0 Å². The van der Waals surface area contributed by atoms with E-state index in [0.717, 1.165) is 0 Å². The third-order valence-electron chi connectivity index (χ3n) is 3.40. The Kier molecular flexibility index (Phi) is 7.36. The van der Waals surface area contributed by atoms with E-state index in [-0.39, 0.29) is 4.57 Å². The van der Waals surface area contributed by atoms with Gasteiger partial charge in [0.2, 0.25) is 5.67 Å². The molecule has 2 rings (SSSR count). The predicted molar refractivity (Wildman–Crippen MR) is 96.4 cm³/mol. The first kappa shape index (κ1) is 24.5. The van der Waals surface area contributed by atoms with Crippen molar-refractivity contribution in [3.8, 4) is 11.8 Å². The minimum atomic E-state index is -6.17. The minimum absolute atomic E-state index is 0.165. The van der Waals surface area contributed by atoms with Crippen molar-refractivity contribution in [1.82, 2.24) is 14.5 Å². The number of aliphatic hydroxyl groups excluding tert-OH is 1. The maximum atomic E-state index is 15.6. The second kappa shape index (κ2) is 9.92. The zero-order valence-electron chi connectivity index (χ0n) is 17.4. The highest BCUT2D eigenvalue weighted by atomic mass is 31.3. The molecule has 17 nitrogen and oxygen atoms in total. The normalized spacial score (nSPS) is 30.3. The van der Waals surface area contributed by atoms with Gasteiger partial charge in [-0.05, 0) is 0 Å². The van der Waals surface area contributed by atoms with E-state index in [1.807, 2.05) is 0 Å². The standard InChI is InChI=1S/C11H14F2N3O14P3/c12-3-1-2-11(13)7(17)6(28-8(11)16-5-14-9(18)15-10(16)19)4-27-32(23,24)30-33(25,26)29-31(20,21)22/h5-8,17H,3-4H2,(H,23,24)(H,25,26)(H,15,18,19)(H2,20,21,22)/t6-,7+,8-,11?/m1/s1/i4D2. The van der Waals surface area contributed by atoms with E-state index in [2.05, 4.69) is 18.1 Å². The van der Waals surface area contributed by atoms with Gasteiger partial charge < -0.3 is 29.4 Å². The molecule has 2 heterocycles. The first-order valence-electron chi connectivity index (χ1n) is 8.83. The van der Waals surface area contributed by atoms with Gasteiger partial charge >= 0.3 is 34.8 Å². The number of alkyl halides is 2. The van der Waals surface area contributed by atoms with Crippen LogP contribution >= 0.6 is 23.5 Å². The molecule has 0 bridgehead atoms. The number of rotatable bonds is 8. The van der Waals surface area contributed by atoms with Crippen molar-refractivity contribution in [2.75, 3.05) is 13.2 Å². The molecule has 6 atom stereocenters. The molecule has 1 aliphatic rings. The van der Waals surface area contributed by atoms with E-state index < -0.39 is 72.2 Å². The maximum Gasteiger partial charge on any atom is 0.490 e. The molecule has 1 aromatic rings. The third-order valence-corrected chi connectivity index (χ3v) is 7.06. The number of ether oxygens (including phenoxy) is 1. The molecule has 0 radical (unpaired) electrons. The summed E-state index contributed by atoms with van der Waals surface area (Å²) in [6.45, 7) is -5.36. The number of hydrogen-bond acceptors (Lipinski definition) is 11. The average Bonchev–Trinajstić information content (AvgIpc) is 2.88. The van der Waals surface area contributed by atoms with Crippen molar-refractivity contribution < 1.29 is 67.8 Å². The molecule has 186 valence electrons. The van der Waals surface area contributed by atoms with Crippen LogP contribution in [0.5, 0.6) is 0 Å². The minimum Gasteiger partial charge on any atom is -0.386 e. The number of aliphatic hydroxyl groups is 1. The van der Waals surface area contributed by atoms with Crippen LogP contribution in [0.3, 0.4) is 0 Å². The van der Waals surface area contributed by atoms with E-state index in [0.29, 0.717) is 6.33 Å². The zero-order valence-corrected chi connectivity index (χ0v) is 18.1. The third kappa shape index (κ3) is 7.17. The van der Waals surface area contributed by atoms with E-state index in [1.165, 1.54) is 0 Å². The molecule has 0 amide bonds. The molecule has 1 aliphatic heterocycles. The molecule has 0 aliphatic carbocycles. The first-order chi connectivity index (χ1) is 15.7. The largest absolute Gasteiger partial charge is 0.490 e. The first-order valence-corrected chi connectivity index (χ1v) is 12.4. The Morgan fingerprint density at radius 2 is 1.91 bits per heavy atom. The number of phosphoric ester groups is 1. The van der Waals surface area contributed by atoms with E-state index >= 15 is 4.39 Å². The summed E-state index contributed by atoms with van der Waals surface area (Å²) in [5.74, 6) is 3.13. The zero-order chi connectivity index (χ0) is 27.0. The van der Waals surface area contributed by atoms with Crippen molar-refractivity contribution in [2.24, 2.45) is 0 Å². The van der Waals surface area contributed by atoms with Gasteiger partial charge in [-0.15, -0.1) is 0 Å². The van der Waals surface area contributed by atoms with Crippen LogP contribution < -0.4 is 11.4 Å². The molecule has 33 heavy (non-hydrogen) atoms. The second-order valence-corrected chi connectivity index (χ2v) is 10.1. The lowest BCUT2D eigenvalue weighted by molar-refractivity contribution is -0.0540. The van der Waals surface area contributed by atoms with Crippen molar-refractivity contribution in [3.05, 3.63) is 27.3 Å². The van der Waals surface area contributed by atoms with Crippen LogP contribution in [-0.4, -0.2) is 70.3 Å². The van der Waals surface area contributed by atoms with Gasteiger partial charge in [0.05, 0.1) is 9.30 Å². The summed E-state index contributed by atoms with van der Waals surface area (Å²) in [5, 5.41) is 10.3. The molecule has 1 aromatic heterocycles.